The van der Waals surface area contributed by atoms with E-state index in [0.29, 0.717) is 7.69 Å². The minimum Gasteiger partial charge on any atom is -0.444 e. The summed E-state index contributed by atoms with van der Waals surface area (Å²) in [5.41, 5.74) is 4.54. The fourth-order valence-electron chi connectivity index (χ4n) is 1.48. The first-order chi connectivity index (χ1) is 10.7. The van der Waals surface area contributed by atoms with Crippen LogP contribution in [0, 0.1) is 0 Å². The van der Waals surface area contributed by atoms with E-state index in [1.54, 1.807) is 18.1 Å². The summed E-state index contributed by atoms with van der Waals surface area (Å²) in [5, 5.41) is 3.74. The quantitative estimate of drug-likeness (QED) is 0.401. The molecule has 5 N–H and O–H groups in total. The van der Waals surface area contributed by atoms with Crippen LogP contribution in [0.25, 0.3) is 0 Å². The van der Waals surface area contributed by atoms with Gasteiger partial charge in [-0.25, -0.2) is 10.6 Å². The Labute approximate surface area is 140 Å². The summed E-state index contributed by atoms with van der Waals surface area (Å²) in [6, 6.07) is 0. The number of alkyl carbamates (subject to hydrolysis) is 1. The van der Waals surface area contributed by atoms with Crippen molar-refractivity contribution in [2.45, 2.75) is 45.6 Å². The molecule has 0 aromatic carbocycles. The van der Waals surface area contributed by atoms with Crippen LogP contribution in [-0.2, 0) is 4.74 Å². The number of nitrogens with one attached hydrogen (secondary N) is 1. The molecule has 1 rings (SSSR count). The Hall–Kier alpha value is -1.48. The van der Waals surface area contributed by atoms with Gasteiger partial charge in [0.15, 0.2) is 0 Å². The van der Waals surface area contributed by atoms with E-state index >= 15 is 0 Å². The Morgan fingerprint density at radius 3 is 2.04 bits per heavy atom. The van der Waals surface area contributed by atoms with Crippen molar-refractivity contribution in [3.8, 4) is 0 Å². The zero-order valence-corrected chi connectivity index (χ0v) is 15.0. The van der Waals surface area contributed by atoms with Crippen LogP contribution in [0.15, 0.2) is 12.4 Å². The second-order valence-electron chi connectivity index (χ2n) is 5.95. The number of nitrogens with two attached hydrogens (primary N) is 2. The predicted octanol–water partition coefficient (Wildman–Crippen LogP) is 1.34. The van der Waals surface area contributed by atoms with Crippen molar-refractivity contribution in [2.24, 2.45) is 11.6 Å². The Bertz CT molecular complexity index is 319. The van der Waals surface area contributed by atoms with Crippen molar-refractivity contribution in [1.29, 1.82) is 0 Å². The highest BCUT2D eigenvalue weighted by Crippen LogP contribution is 2.06. The second-order valence-corrected chi connectivity index (χ2v) is 5.95. The molecule has 1 saturated heterocycles. The number of carbonyl (C=O) groups is 1. The van der Waals surface area contributed by atoms with Crippen LogP contribution in [0.3, 0.4) is 0 Å². The van der Waals surface area contributed by atoms with Crippen LogP contribution in [0.4, 0.5) is 9.11 Å². The number of halogens is 1. The van der Waals surface area contributed by atoms with Gasteiger partial charge in [0, 0.05) is 26.5 Å². The highest BCUT2D eigenvalue weighted by molar-refractivity contribution is 6.22. The molecular formula is C14H32BFN5O2. The number of rotatable bonds is 2. The fraction of sp³-hybridized carbons (Fsp3) is 0.786. The van der Waals surface area contributed by atoms with Crippen molar-refractivity contribution in [1.82, 2.24) is 15.1 Å². The standard InChI is InChI=1S/C6H13NO2.C5H10BFN.C3H9N3/c1-6(2,3)9-5(8)7-4;7-6-8-4-2-1-3-5-8;1-6(5)3-2-4/h1-4H3,(H,7,8);1-5H2;2-3H,4-5H2,1H3/b;;3-2-. The Morgan fingerprint density at radius 2 is 1.87 bits per heavy atom. The Morgan fingerprint density at radius 1 is 1.35 bits per heavy atom. The molecule has 1 fully saturated rings. The number of hydrazine groups is 1. The highest BCUT2D eigenvalue weighted by Gasteiger charge is 2.14. The first-order valence-electron chi connectivity index (χ1n) is 7.60. The van der Waals surface area contributed by atoms with Gasteiger partial charge < -0.3 is 29.9 Å². The second kappa shape index (κ2) is 14.1. The number of nitrogens with zero attached hydrogens (tertiary/aromatic N) is 2. The molecule has 0 aromatic rings. The minimum atomic E-state index is -0.389. The number of hydrogen-bond donors (Lipinski definition) is 3. The Balaban J connectivity index is 0. The first kappa shape index (κ1) is 23.8. The number of piperidine rings is 1. The average molecular weight is 332 g/mol. The van der Waals surface area contributed by atoms with E-state index in [0.717, 1.165) is 25.9 Å². The van der Waals surface area contributed by atoms with Gasteiger partial charge in [-0.3, -0.25) is 0 Å². The zero-order chi connectivity index (χ0) is 18.3. The van der Waals surface area contributed by atoms with E-state index in [1.807, 2.05) is 20.8 Å². The normalized spacial score (nSPS) is 14.7. The van der Waals surface area contributed by atoms with Gasteiger partial charge in [-0.1, -0.05) is 6.42 Å². The first-order valence-corrected chi connectivity index (χ1v) is 7.60. The molecule has 135 valence electrons. The minimum absolute atomic E-state index is 0.387. The molecule has 1 aliphatic heterocycles. The smallest absolute Gasteiger partial charge is 0.444 e. The van der Waals surface area contributed by atoms with E-state index in [1.165, 1.54) is 24.7 Å². The maximum absolute atomic E-state index is 11.7. The van der Waals surface area contributed by atoms with Crippen LogP contribution in [0.5, 0.6) is 0 Å². The molecule has 1 radical (unpaired) electrons. The summed E-state index contributed by atoms with van der Waals surface area (Å²) >= 11 is 0. The van der Waals surface area contributed by atoms with Gasteiger partial charge in [0.2, 0.25) is 0 Å². The molecule has 0 aliphatic carbocycles. The van der Waals surface area contributed by atoms with Crippen molar-refractivity contribution >= 4 is 13.8 Å². The molecule has 7 nitrogen and oxygen atoms in total. The summed E-state index contributed by atoms with van der Waals surface area (Å²) in [7, 11) is 3.93. The summed E-state index contributed by atoms with van der Waals surface area (Å²) in [4.78, 5) is 12.2. The van der Waals surface area contributed by atoms with E-state index in [2.05, 4.69) is 5.32 Å². The van der Waals surface area contributed by atoms with Crippen molar-refractivity contribution < 1.29 is 13.8 Å². The van der Waals surface area contributed by atoms with E-state index < -0.39 is 0 Å². The third-order valence-electron chi connectivity index (χ3n) is 2.45. The van der Waals surface area contributed by atoms with Crippen molar-refractivity contribution in [3.63, 3.8) is 0 Å². The monoisotopic (exact) mass is 332 g/mol. The molecule has 1 aliphatic rings. The zero-order valence-electron chi connectivity index (χ0n) is 15.0. The van der Waals surface area contributed by atoms with Gasteiger partial charge in [-0.2, -0.15) is 0 Å². The SMILES string of the molecule is CN(N)/C=C\N.CNC(=O)OC(C)(C)C.F[B]N1CCCCC1. The fourth-order valence-corrected chi connectivity index (χ4v) is 1.48. The van der Waals surface area contributed by atoms with Crippen molar-refractivity contribution in [3.05, 3.63) is 12.4 Å². The summed E-state index contributed by atoms with van der Waals surface area (Å²) in [6.07, 6.45) is 6.12. The Kier molecular flexibility index (Phi) is 14.6. The van der Waals surface area contributed by atoms with Crippen molar-refractivity contribution in [2.75, 3.05) is 27.2 Å². The van der Waals surface area contributed by atoms with Gasteiger partial charge in [-0.05, 0) is 46.7 Å². The third-order valence-corrected chi connectivity index (χ3v) is 2.45. The summed E-state index contributed by atoms with van der Waals surface area (Å²) in [6.45, 7) is 7.29. The predicted molar refractivity (Wildman–Crippen MR) is 92.9 cm³/mol. The van der Waals surface area contributed by atoms with Crippen LogP contribution < -0.4 is 16.9 Å². The largest absolute Gasteiger partial charge is 0.454 e. The van der Waals surface area contributed by atoms with Gasteiger partial charge in [0.05, 0.1) is 0 Å². The number of carbonyl (C=O) groups excluding carboxylic acids is 1. The van der Waals surface area contributed by atoms with Gasteiger partial charge >= 0.3 is 13.8 Å². The summed E-state index contributed by atoms with van der Waals surface area (Å²) in [5.74, 6) is 5.07. The third kappa shape index (κ3) is 20.5. The molecular weight excluding hydrogens is 300 g/mol. The molecule has 1 heterocycles. The van der Waals surface area contributed by atoms with E-state index in [4.69, 9.17) is 16.3 Å². The molecule has 9 heteroatoms. The molecule has 0 aromatic heterocycles. The van der Waals surface area contributed by atoms with Gasteiger partial charge in [-0.15, -0.1) is 0 Å². The average Bonchev–Trinajstić information content (AvgIpc) is 2.47. The molecule has 0 atom stereocenters. The van der Waals surface area contributed by atoms with E-state index in [9.17, 15) is 9.11 Å². The number of amides is 1. The molecule has 0 spiro atoms. The molecule has 23 heavy (non-hydrogen) atoms. The van der Waals surface area contributed by atoms with Crippen LogP contribution >= 0.6 is 0 Å². The maximum Gasteiger partial charge on any atom is 0.454 e. The van der Waals surface area contributed by atoms with E-state index in [-0.39, 0.29) is 11.7 Å². The lowest BCUT2D eigenvalue weighted by atomic mass is 10.1. The van der Waals surface area contributed by atoms with Crippen LogP contribution in [0.1, 0.15) is 40.0 Å². The highest BCUT2D eigenvalue weighted by atomic mass is 19.1. The molecule has 0 bridgehead atoms. The molecule has 0 unspecified atom stereocenters. The van der Waals surface area contributed by atoms with Gasteiger partial charge in [0.1, 0.15) is 5.60 Å². The lowest BCUT2D eigenvalue weighted by molar-refractivity contribution is 0.0541. The lowest BCUT2D eigenvalue weighted by Crippen LogP contribution is -2.30. The molecule has 0 saturated carbocycles. The number of ether oxygens (including phenoxy) is 1. The van der Waals surface area contributed by atoms with Crippen LogP contribution in [0.2, 0.25) is 0 Å². The summed E-state index contributed by atoms with van der Waals surface area (Å²) < 4.78 is 16.5. The maximum atomic E-state index is 11.7. The topological polar surface area (TPSA) is 96.8 Å². The molecule has 1 amide bonds. The van der Waals surface area contributed by atoms with Gasteiger partial charge in [0.25, 0.3) is 0 Å². The lowest BCUT2D eigenvalue weighted by Gasteiger charge is -2.21. The van der Waals surface area contributed by atoms with Crippen LogP contribution in [-0.4, -0.2) is 56.4 Å². The number of hydrogen-bond acceptors (Lipinski definition) is 6.